The summed E-state index contributed by atoms with van der Waals surface area (Å²) in [7, 11) is 0. The van der Waals surface area contributed by atoms with Crippen LogP contribution in [-0.2, 0) is 0 Å². The molecule has 5 heteroatoms. The smallest absolute Gasteiger partial charge is 0.150 e. The number of para-hydroxylation sites is 4. The van der Waals surface area contributed by atoms with Crippen LogP contribution in [0, 0.1) is 6.92 Å². The lowest BCUT2D eigenvalue weighted by molar-refractivity contribution is 0.472. The SMILES string of the molecule is Cc1nc2ccccc2nc1N1CCN(c2ccccc2O)CC1. The van der Waals surface area contributed by atoms with Crippen LogP contribution in [-0.4, -0.2) is 41.3 Å². The molecule has 1 saturated heterocycles. The van der Waals surface area contributed by atoms with E-state index >= 15 is 0 Å². The van der Waals surface area contributed by atoms with Crippen LogP contribution in [0.2, 0.25) is 0 Å². The van der Waals surface area contributed by atoms with Gasteiger partial charge in [0, 0.05) is 26.2 Å². The van der Waals surface area contributed by atoms with Gasteiger partial charge in [0.1, 0.15) is 5.75 Å². The number of aromatic hydroxyl groups is 1. The van der Waals surface area contributed by atoms with Gasteiger partial charge in [-0.1, -0.05) is 24.3 Å². The van der Waals surface area contributed by atoms with Crippen molar-refractivity contribution in [3.63, 3.8) is 0 Å². The van der Waals surface area contributed by atoms with Crippen LogP contribution in [0.25, 0.3) is 11.0 Å². The maximum absolute atomic E-state index is 10.0. The van der Waals surface area contributed by atoms with Crippen molar-refractivity contribution in [3.05, 3.63) is 54.2 Å². The minimum Gasteiger partial charge on any atom is -0.506 e. The van der Waals surface area contributed by atoms with Gasteiger partial charge >= 0.3 is 0 Å². The van der Waals surface area contributed by atoms with Gasteiger partial charge in [-0.3, -0.25) is 0 Å². The topological polar surface area (TPSA) is 52.5 Å². The zero-order valence-corrected chi connectivity index (χ0v) is 13.7. The maximum Gasteiger partial charge on any atom is 0.150 e. The van der Waals surface area contributed by atoms with E-state index in [-0.39, 0.29) is 0 Å². The minimum atomic E-state index is 0.340. The van der Waals surface area contributed by atoms with Gasteiger partial charge in [-0.25, -0.2) is 9.97 Å². The summed E-state index contributed by atoms with van der Waals surface area (Å²) in [6, 6.07) is 15.5. The van der Waals surface area contributed by atoms with Crippen molar-refractivity contribution in [2.45, 2.75) is 6.92 Å². The number of benzene rings is 2. The Morgan fingerprint density at radius 3 is 2.08 bits per heavy atom. The van der Waals surface area contributed by atoms with Gasteiger partial charge in [0.2, 0.25) is 0 Å². The molecule has 24 heavy (non-hydrogen) atoms. The Kier molecular flexibility index (Phi) is 3.69. The molecule has 0 spiro atoms. The second-order valence-corrected chi connectivity index (χ2v) is 6.08. The van der Waals surface area contributed by atoms with Gasteiger partial charge in [0.25, 0.3) is 0 Å². The summed E-state index contributed by atoms with van der Waals surface area (Å²) < 4.78 is 0. The highest BCUT2D eigenvalue weighted by molar-refractivity contribution is 5.76. The average molecular weight is 320 g/mol. The second kappa shape index (κ2) is 6.00. The summed E-state index contributed by atoms with van der Waals surface area (Å²) in [5.41, 5.74) is 3.73. The molecule has 1 aliphatic heterocycles. The standard InChI is InChI=1S/C19H20N4O/c1-14-19(21-16-7-3-2-6-15(16)20-14)23-12-10-22(11-13-23)17-8-4-5-9-18(17)24/h2-9,24H,10-13H2,1H3. The van der Waals surface area contributed by atoms with Crippen LogP contribution in [0.5, 0.6) is 5.75 Å². The molecule has 0 amide bonds. The molecule has 2 heterocycles. The van der Waals surface area contributed by atoms with E-state index in [9.17, 15) is 5.11 Å². The van der Waals surface area contributed by atoms with Crippen LogP contribution in [0.1, 0.15) is 5.69 Å². The van der Waals surface area contributed by atoms with Crippen molar-refractivity contribution < 1.29 is 5.11 Å². The third kappa shape index (κ3) is 2.62. The van der Waals surface area contributed by atoms with Gasteiger partial charge in [-0.05, 0) is 31.2 Å². The number of anilines is 2. The van der Waals surface area contributed by atoms with Crippen molar-refractivity contribution in [2.24, 2.45) is 0 Å². The Bertz CT molecular complexity index is 872. The first kappa shape index (κ1) is 14.8. The van der Waals surface area contributed by atoms with Crippen LogP contribution >= 0.6 is 0 Å². The molecule has 0 radical (unpaired) electrons. The van der Waals surface area contributed by atoms with Crippen molar-refractivity contribution in [1.29, 1.82) is 0 Å². The molecule has 1 fully saturated rings. The highest BCUT2D eigenvalue weighted by atomic mass is 16.3. The second-order valence-electron chi connectivity index (χ2n) is 6.08. The lowest BCUT2D eigenvalue weighted by atomic mass is 10.2. The molecule has 5 nitrogen and oxygen atoms in total. The fraction of sp³-hybridized carbons (Fsp3) is 0.263. The summed E-state index contributed by atoms with van der Waals surface area (Å²) >= 11 is 0. The summed E-state index contributed by atoms with van der Waals surface area (Å²) in [4.78, 5) is 14.0. The summed E-state index contributed by atoms with van der Waals surface area (Å²) in [5.74, 6) is 1.30. The largest absolute Gasteiger partial charge is 0.506 e. The highest BCUT2D eigenvalue weighted by Crippen LogP contribution is 2.28. The number of nitrogens with zero attached hydrogens (tertiary/aromatic N) is 4. The maximum atomic E-state index is 10.0. The van der Waals surface area contributed by atoms with Gasteiger partial charge in [0.15, 0.2) is 5.82 Å². The number of phenolic OH excluding ortho intramolecular Hbond substituents is 1. The quantitative estimate of drug-likeness (QED) is 0.787. The third-order valence-electron chi connectivity index (χ3n) is 4.52. The molecule has 122 valence electrons. The first-order valence-corrected chi connectivity index (χ1v) is 8.23. The number of hydrogen-bond donors (Lipinski definition) is 1. The van der Waals surface area contributed by atoms with E-state index in [2.05, 4.69) is 14.8 Å². The van der Waals surface area contributed by atoms with E-state index in [0.717, 1.165) is 54.4 Å². The summed E-state index contributed by atoms with van der Waals surface area (Å²) in [5, 5.41) is 10.0. The highest BCUT2D eigenvalue weighted by Gasteiger charge is 2.21. The zero-order valence-electron chi connectivity index (χ0n) is 13.7. The Morgan fingerprint density at radius 1 is 0.792 bits per heavy atom. The van der Waals surface area contributed by atoms with Gasteiger partial charge in [-0.15, -0.1) is 0 Å². The third-order valence-corrected chi connectivity index (χ3v) is 4.52. The Labute approximate surface area is 141 Å². The normalized spacial score (nSPS) is 15.0. The monoisotopic (exact) mass is 320 g/mol. The number of fused-ring (bicyclic) bond motifs is 1. The molecule has 0 aliphatic carbocycles. The van der Waals surface area contributed by atoms with E-state index in [1.165, 1.54) is 0 Å². The summed E-state index contributed by atoms with van der Waals surface area (Å²) in [6.45, 7) is 5.45. The number of piperazine rings is 1. The van der Waals surface area contributed by atoms with Gasteiger partial charge in [-0.2, -0.15) is 0 Å². The van der Waals surface area contributed by atoms with E-state index in [0.29, 0.717) is 5.75 Å². The average Bonchev–Trinajstić information content (AvgIpc) is 2.62. The van der Waals surface area contributed by atoms with Crippen LogP contribution < -0.4 is 9.80 Å². The number of hydrogen-bond acceptors (Lipinski definition) is 5. The molecular weight excluding hydrogens is 300 g/mol. The van der Waals surface area contributed by atoms with Crippen molar-refractivity contribution in [1.82, 2.24) is 9.97 Å². The van der Waals surface area contributed by atoms with E-state index in [1.807, 2.05) is 49.4 Å². The molecule has 3 aromatic rings. The van der Waals surface area contributed by atoms with E-state index in [1.54, 1.807) is 6.07 Å². The van der Waals surface area contributed by atoms with Crippen molar-refractivity contribution in [3.8, 4) is 5.75 Å². The molecule has 1 N–H and O–H groups in total. The molecule has 4 rings (SSSR count). The molecule has 0 bridgehead atoms. The molecule has 1 aromatic heterocycles. The number of rotatable bonds is 2. The number of aromatic nitrogens is 2. The minimum absolute atomic E-state index is 0.340. The van der Waals surface area contributed by atoms with E-state index < -0.39 is 0 Å². The number of aryl methyl sites for hydroxylation is 1. The fourth-order valence-corrected chi connectivity index (χ4v) is 3.27. The van der Waals surface area contributed by atoms with Gasteiger partial charge in [0.05, 0.1) is 22.4 Å². The zero-order chi connectivity index (χ0) is 16.5. The van der Waals surface area contributed by atoms with Crippen molar-refractivity contribution in [2.75, 3.05) is 36.0 Å². The van der Waals surface area contributed by atoms with Crippen molar-refractivity contribution >= 4 is 22.5 Å². The first-order chi connectivity index (χ1) is 11.7. The summed E-state index contributed by atoms with van der Waals surface area (Å²) in [6.07, 6.45) is 0. The predicted molar refractivity (Wildman–Crippen MR) is 96.8 cm³/mol. The van der Waals surface area contributed by atoms with E-state index in [4.69, 9.17) is 4.98 Å². The Morgan fingerprint density at radius 2 is 1.38 bits per heavy atom. The van der Waals surface area contributed by atoms with Gasteiger partial charge < -0.3 is 14.9 Å². The Balaban J connectivity index is 1.56. The van der Waals surface area contributed by atoms with Crippen LogP contribution in [0.4, 0.5) is 11.5 Å². The molecule has 0 saturated carbocycles. The van der Waals surface area contributed by atoms with Crippen LogP contribution in [0.3, 0.4) is 0 Å². The Hall–Kier alpha value is -2.82. The lowest BCUT2D eigenvalue weighted by Crippen LogP contribution is -2.47. The number of phenols is 1. The molecule has 2 aromatic carbocycles. The lowest BCUT2D eigenvalue weighted by Gasteiger charge is -2.37. The molecular formula is C19H20N4O. The fourth-order valence-electron chi connectivity index (χ4n) is 3.27. The first-order valence-electron chi connectivity index (χ1n) is 8.23. The molecule has 1 aliphatic rings. The predicted octanol–water partition coefficient (Wildman–Crippen LogP) is 2.97. The van der Waals surface area contributed by atoms with Crippen LogP contribution in [0.15, 0.2) is 48.5 Å². The molecule has 0 atom stereocenters. The molecule has 0 unspecified atom stereocenters.